The molecule has 2 aliphatic rings. The van der Waals surface area contributed by atoms with E-state index in [9.17, 15) is 0 Å². The van der Waals surface area contributed by atoms with Crippen LogP contribution in [0.25, 0.3) is 0 Å². The highest BCUT2D eigenvalue weighted by molar-refractivity contribution is 9.11. The molecule has 3 nitrogen and oxygen atoms in total. The lowest BCUT2D eigenvalue weighted by Crippen LogP contribution is -2.44. The van der Waals surface area contributed by atoms with Crippen molar-refractivity contribution in [1.82, 2.24) is 10.2 Å². The van der Waals surface area contributed by atoms with Crippen LogP contribution >= 0.6 is 15.9 Å². The molecule has 0 fully saturated rings. The van der Waals surface area contributed by atoms with Crippen molar-refractivity contribution in [2.24, 2.45) is 4.99 Å². The molecule has 90 valence electrons. The first kappa shape index (κ1) is 12.3. The summed E-state index contributed by atoms with van der Waals surface area (Å²) in [5, 5.41) is 3.45. The fourth-order valence-corrected chi connectivity index (χ4v) is 2.13. The summed E-state index contributed by atoms with van der Waals surface area (Å²) in [5.74, 6) is 0. The molecule has 4 heteroatoms. The minimum atomic E-state index is 0.151. The molecule has 0 aromatic heterocycles. The highest BCUT2D eigenvalue weighted by Crippen LogP contribution is 2.13. The smallest absolute Gasteiger partial charge is 0.121 e. The van der Waals surface area contributed by atoms with Gasteiger partial charge < -0.3 is 4.90 Å². The zero-order valence-electron chi connectivity index (χ0n) is 9.81. The van der Waals surface area contributed by atoms with Crippen LogP contribution in [0.15, 0.2) is 51.8 Å². The lowest BCUT2D eigenvalue weighted by Gasteiger charge is -2.27. The normalized spacial score (nSPS) is 23.4. The number of hydrogen-bond acceptors (Lipinski definition) is 3. The summed E-state index contributed by atoms with van der Waals surface area (Å²) in [6.07, 6.45) is 15.8. The fraction of sp³-hybridized carbons (Fsp3) is 0.308. The molecule has 0 saturated carbocycles. The summed E-state index contributed by atoms with van der Waals surface area (Å²) in [4.78, 5) is 6.33. The third-order valence-electron chi connectivity index (χ3n) is 2.65. The molecule has 1 unspecified atom stereocenters. The van der Waals surface area contributed by atoms with E-state index in [0.717, 1.165) is 17.6 Å². The summed E-state index contributed by atoms with van der Waals surface area (Å²) >= 11 is 3.36. The van der Waals surface area contributed by atoms with Gasteiger partial charge in [-0.1, -0.05) is 30.4 Å². The van der Waals surface area contributed by atoms with E-state index in [4.69, 9.17) is 0 Å². The third-order valence-corrected chi connectivity index (χ3v) is 3.06. The second-order valence-corrected chi connectivity index (χ2v) is 4.84. The number of aliphatic imine (C=N–C) groups is 1. The average molecular weight is 294 g/mol. The van der Waals surface area contributed by atoms with Crippen LogP contribution in [0.2, 0.25) is 0 Å². The zero-order valence-corrected chi connectivity index (χ0v) is 11.4. The molecular weight excluding hydrogens is 278 g/mol. The third kappa shape index (κ3) is 3.68. The monoisotopic (exact) mass is 293 g/mol. The molecule has 1 heterocycles. The topological polar surface area (TPSA) is 27.6 Å². The number of allylic oxidation sites excluding steroid dienone is 4. The van der Waals surface area contributed by atoms with Gasteiger partial charge in [0.2, 0.25) is 0 Å². The van der Waals surface area contributed by atoms with Gasteiger partial charge in [-0.15, -0.1) is 0 Å². The summed E-state index contributed by atoms with van der Waals surface area (Å²) in [6.45, 7) is 0.841. The highest BCUT2D eigenvalue weighted by Gasteiger charge is 2.13. The van der Waals surface area contributed by atoms with Crippen molar-refractivity contribution in [1.29, 1.82) is 0 Å². The maximum absolute atomic E-state index is 4.24. The molecule has 1 aliphatic heterocycles. The average Bonchev–Trinajstić information content (AvgIpc) is 2.56. The first-order valence-corrected chi connectivity index (χ1v) is 6.44. The van der Waals surface area contributed by atoms with Crippen LogP contribution < -0.4 is 5.32 Å². The second-order valence-electron chi connectivity index (χ2n) is 4.03. The standard InChI is InChI=1S/C13H16BrN3/c1-17-10-12(14)15-9-13(17)16-8-11-6-4-2-3-5-7-11/h2,4-7,9-10,13,16H,3,8H2,1H3. The van der Waals surface area contributed by atoms with Crippen molar-refractivity contribution in [2.75, 3.05) is 13.6 Å². The predicted molar refractivity (Wildman–Crippen MR) is 76.0 cm³/mol. The molecule has 0 saturated heterocycles. The molecule has 17 heavy (non-hydrogen) atoms. The van der Waals surface area contributed by atoms with Crippen LogP contribution in [0, 0.1) is 0 Å². The Bertz CT molecular complexity index is 418. The minimum Gasteiger partial charge on any atom is -0.358 e. The molecule has 1 aliphatic carbocycles. The van der Waals surface area contributed by atoms with E-state index in [1.165, 1.54) is 5.57 Å². The second kappa shape index (κ2) is 5.98. The van der Waals surface area contributed by atoms with Crippen LogP contribution in [0.3, 0.4) is 0 Å². The molecule has 0 aromatic rings. The first-order valence-electron chi connectivity index (χ1n) is 5.65. The van der Waals surface area contributed by atoms with E-state index in [2.05, 4.69) is 61.5 Å². The van der Waals surface area contributed by atoms with E-state index in [1.807, 2.05) is 19.5 Å². The van der Waals surface area contributed by atoms with Crippen LogP contribution in [0.1, 0.15) is 6.42 Å². The predicted octanol–water partition coefficient (Wildman–Crippen LogP) is 2.55. The summed E-state index contributed by atoms with van der Waals surface area (Å²) in [6, 6.07) is 0. The lowest BCUT2D eigenvalue weighted by molar-refractivity contribution is 0.356. The summed E-state index contributed by atoms with van der Waals surface area (Å²) in [7, 11) is 2.03. The minimum absolute atomic E-state index is 0.151. The highest BCUT2D eigenvalue weighted by atomic mass is 79.9. The molecule has 0 spiro atoms. The Labute approximate surface area is 110 Å². The maximum Gasteiger partial charge on any atom is 0.121 e. The van der Waals surface area contributed by atoms with E-state index in [0.29, 0.717) is 0 Å². The van der Waals surface area contributed by atoms with Crippen LogP contribution in [0.4, 0.5) is 0 Å². The lowest BCUT2D eigenvalue weighted by atomic mass is 10.2. The van der Waals surface area contributed by atoms with E-state index in [1.54, 1.807) is 0 Å². The van der Waals surface area contributed by atoms with Gasteiger partial charge in [-0.3, -0.25) is 5.32 Å². The van der Waals surface area contributed by atoms with Gasteiger partial charge in [0.05, 0.1) is 0 Å². The maximum atomic E-state index is 4.24. The first-order chi connectivity index (χ1) is 8.25. The zero-order chi connectivity index (χ0) is 12.1. The Kier molecular flexibility index (Phi) is 4.34. The molecule has 0 bridgehead atoms. The molecule has 0 aromatic carbocycles. The van der Waals surface area contributed by atoms with Crippen LogP contribution in [-0.4, -0.2) is 30.9 Å². The van der Waals surface area contributed by atoms with Gasteiger partial charge in [0.1, 0.15) is 10.8 Å². The van der Waals surface area contributed by atoms with Crippen molar-refractivity contribution in [2.45, 2.75) is 12.6 Å². The van der Waals surface area contributed by atoms with Crippen LogP contribution in [-0.2, 0) is 0 Å². The molecular formula is C13H16BrN3. The van der Waals surface area contributed by atoms with Crippen molar-refractivity contribution in [3.8, 4) is 0 Å². The van der Waals surface area contributed by atoms with Crippen molar-refractivity contribution in [3.63, 3.8) is 0 Å². The van der Waals surface area contributed by atoms with Crippen molar-refractivity contribution in [3.05, 3.63) is 46.8 Å². The SMILES string of the molecule is CN1C=C(Br)N=CC1NCC1=CC=CCC=C1. The Morgan fingerprint density at radius 2 is 2.41 bits per heavy atom. The number of halogens is 1. The number of rotatable bonds is 3. The number of nitrogens with zero attached hydrogens (tertiary/aromatic N) is 2. The van der Waals surface area contributed by atoms with Gasteiger partial charge in [-0.2, -0.15) is 0 Å². The summed E-state index contributed by atoms with van der Waals surface area (Å²) in [5.41, 5.74) is 1.29. The molecule has 1 N–H and O–H groups in total. The molecule has 0 radical (unpaired) electrons. The van der Waals surface area contributed by atoms with Crippen LogP contribution in [0.5, 0.6) is 0 Å². The van der Waals surface area contributed by atoms with Gasteiger partial charge >= 0.3 is 0 Å². The van der Waals surface area contributed by atoms with E-state index in [-0.39, 0.29) is 6.17 Å². The van der Waals surface area contributed by atoms with Crippen molar-refractivity contribution >= 4 is 22.1 Å². The van der Waals surface area contributed by atoms with Gasteiger partial charge in [0.15, 0.2) is 0 Å². The van der Waals surface area contributed by atoms with Crippen molar-refractivity contribution < 1.29 is 0 Å². The Balaban J connectivity index is 1.89. The summed E-state index contributed by atoms with van der Waals surface area (Å²) < 4.78 is 0.856. The van der Waals surface area contributed by atoms with Gasteiger partial charge in [-0.25, -0.2) is 4.99 Å². The van der Waals surface area contributed by atoms with E-state index < -0.39 is 0 Å². The fourth-order valence-electron chi connectivity index (χ4n) is 1.69. The Morgan fingerprint density at radius 1 is 1.53 bits per heavy atom. The number of nitrogens with one attached hydrogen (secondary N) is 1. The van der Waals surface area contributed by atoms with E-state index >= 15 is 0 Å². The Hall–Kier alpha value is -1.13. The molecule has 0 amide bonds. The Morgan fingerprint density at radius 3 is 3.24 bits per heavy atom. The van der Waals surface area contributed by atoms with Gasteiger partial charge in [-0.05, 0) is 27.9 Å². The quantitative estimate of drug-likeness (QED) is 0.810. The van der Waals surface area contributed by atoms with Gasteiger partial charge in [0.25, 0.3) is 0 Å². The van der Waals surface area contributed by atoms with Gasteiger partial charge in [0, 0.05) is 26.0 Å². The largest absolute Gasteiger partial charge is 0.358 e. The number of hydrogen-bond donors (Lipinski definition) is 1. The molecule has 2 rings (SSSR count). The molecule has 1 atom stereocenters.